The molecular weight excluding hydrogens is 611 g/mol. The van der Waals surface area contributed by atoms with Gasteiger partial charge in [0.05, 0.1) is 19.8 Å². The fourth-order valence-electron chi connectivity index (χ4n) is 5.11. The van der Waals surface area contributed by atoms with Crippen LogP contribution in [0.5, 0.6) is 0 Å². The highest BCUT2D eigenvalue weighted by Gasteiger charge is 2.27. The maximum absolute atomic E-state index is 12.5. The summed E-state index contributed by atoms with van der Waals surface area (Å²) >= 11 is 0. The van der Waals surface area contributed by atoms with Gasteiger partial charge in [0.25, 0.3) is 0 Å². The zero-order valence-electron chi connectivity index (χ0n) is 29.3. The smallest absolute Gasteiger partial charge is 0.462 e. The quantitative estimate of drug-likeness (QED) is 0.0337. The predicted molar refractivity (Wildman–Crippen MR) is 182 cm³/mol. The molecule has 3 N–H and O–H groups in total. The van der Waals surface area contributed by atoms with E-state index in [4.69, 9.17) is 19.1 Å². The Morgan fingerprint density at radius 2 is 0.935 bits per heavy atom. The van der Waals surface area contributed by atoms with E-state index in [2.05, 4.69) is 18.4 Å². The van der Waals surface area contributed by atoms with Crippen LogP contribution in [0.1, 0.15) is 174 Å². The zero-order chi connectivity index (χ0) is 34.1. The number of aliphatic hydroxyl groups excluding tert-OH is 2. The number of ether oxygens (including phenoxy) is 2. The van der Waals surface area contributed by atoms with Crippen molar-refractivity contribution in [3.8, 4) is 0 Å². The van der Waals surface area contributed by atoms with Crippen LogP contribution in [0, 0.1) is 0 Å². The number of rotatable bonds is 35. The van der Waals surface area contributed by atoms with Gasteiger partial charge >= 0.3 is 19.8 Å². The lowest BCUT2D eigenvalue weighted by Crippen LogP contribution is -2.29. The molecule has 0 saturated carbocycles. The molecule has 0 rings (SSSR count). The fraction of sp³-hybridized carbons (Fsp3) is 0.943. The largest absolute Gasteiger partial charge is 0.472 e. The molecule has 0 spiro atoms. The highest BCUT2D eigenvalue weighted by molar-refractivity contribution is 7.47. The van der Waals surface area contributed by atoms with Crippen LogP contribution in [0.2, 0.25) is 0 Å². The second kappa shape index (κ2) is 32.5. The summed E-state index contributed by atoms with van der Waals surface area (Å²) in [5.41, 5.74) is 0. The molecule has 0 aromatic heterocycles. The SMILES string of the molecule is CCCCCCCCCCCCCCCC(=O)OC[C@@H](COP(=O)(O)OC[C@H](O)CO)OC(=O)CCCCCCCCCCCC. The number of hydrogen-bond acceptors (Lipinski definition) is 9. The van der Waals surface area contributed by atoms with Crippen LogP contribution in [0.25, 0.3) is 0 Å². The second-order valence-corrected chi connectivity index (χ2v) is 14.1. The summed E-state index contributed by atoms with van der Waals surface area (Å²) in [6, 6.07) is 0. The van der Waals surface area contributed by atoms with E-state index in [1.807, 2.05) is 0 Å². The molecule has 274 valence electrons. The summed E-state index contributed by atoms with van der Waals surface area (Å²) in [5, 5.41) is 18.2. The van der Waals surface area contributed by atoms with Crippen molar-refractivity contribution >= 4 is 19.8 Å². The van der Waals surface area contributed by atoms with Gasteiger partial charge < -0.3 is 24.6 Å². The first-order valence-corrected chi connectivity index (χ1v) is 20.0. The number of phosphoric acid groups is 1. The third kappa shape index (κ3) is 31.6. The maximum atomic E-state index is 12.5. The highest BCUT2D eigenvalue weighted by atomic mass is 31.2. The van der Waals surface area contributed by atoms with Gasteiger partial charge in [0.15, 0.2) is 6.10 Å². The summed E-state index contributed by atoms with van der Waals surface area (Å²) in [6.45, 7) is 2.36. The standard InChI is InChI=1S/C35H69O10P/c1-3-5-7-9-11-13-15-16-17-19-20-22-24-26-34(38)42-30-33(31-44-46(40,41)43-29-32(37)28-36)45-35(39)27-25-23-21-18-14-12-10-8-6-4-2/h32-33,36-37H,3-31H2,1-2H3,(H,40,41)/t32-,33+/m1/s1. The van der Waals surface area contributed by atoms with Gasteiger partial charge in [0, 0.05) is 12.8 Å². The number of esters is 2. The molecule has 0 aliphatic carbocycles. The van der Waals surface area contributed by atoms with Crippen LogP contribution in [0.15, 0.2) is 0 Å². The number of aliphatic hydroxyl groups is 2. The number of carbonyl (C=O) groups excluding carboxylic acids is 2. The van der Waals surface area contributed by atoms with Gasteiger partial charge in [0.2, 0.25) is 0 Å². The lowest BCUT2D eigenvalue weighted by atomic mass is 10.0. The van der Waals surface area contributed by atoms with Crippen molar-refractivity contribution in [3.63, 3.8) is 0 Å². The number of phosphoric ester groups is 1. The van der Waals surface area contributed by atoms with E-state index < -0.39 is 51.8 Å². The van der Waals surface area contributed by atoms with Crippen molar-refractivity contribution < 1.29 is 47.8 Å². The number of hydrogen-bond donors (Lipinski definition) is 3. The van der Waals surface area contributed by atoms with Crippen LogP contribution in [-0.4, -0.2) is 65.7 Å². The second-order valence-electron chi connectivity index (χ2n) is 12.6. The molecule has 0 radical (unpaired) electrons. The van der Waals surface area contributed by atoms with Gasteiger partial charge in [0.1, 0.15) is 12.7 Å². The van der Waals surface area contributed by atoms with Gasteiger partial charge in [-0.25, -0.2) is 4.57 Å². The molecule has 0 aromatic carbocycles. The van der Waals surface area contributed by atoms with E-state index in [0.717, 1.165) is 38.5 Å². The number of carbonyl (C=O) groups is 2. The molecule has 0 saturated heterocycles. The molecule has 46 heavy (non-hydrogen) atoms. The zero-order valence-corrected chi connectivity index (χ0v) is 30.2. The average Bonchev–Trinajstić information content (AvgIpc) is 3.04. The van der Waals surface area contributed by atoms with Crippen LogP contribution < -0.4 is 0 Å². The van der Waals surface area contributed by atoms with Crippen LogP contribution in [-0.2, 0) is 32.7 Å². The summed E-state index contributed by atoms with van der Waals surface area (Å²) < 4.78 is 32.5. The Labute approximate surface area is 280 Å². The van der Waals surface area contributed by atoms with Gasteiger partial charge in [-0.2, -0.15) is 0 Å². The monoisotopic (exact) mass is 680 g/mol. The molecule has 10 nitrogen and oxygen atoms in total. The van der Waals surface area contributed by atoms with Crippen molar-refractivity contribution in [1.82, 2.24) is 0 Å². The van der Waals surface area contributed by atoms with Gasteiger partial charge in [-0.3, -0.25) is 18.6 Å². The van der Waals surface area contributed by atoms with E-state index in [0.29, 0.717) is 12.8 Å². The Bertz CT molecular complexity index is 751. The molecule has 1 unspecified atom stereocenters. The molecular formula is C35H69O10P. The van der Waals surface area contributed by atoms with E-state index in [9.17, 15) is 24.2 Å². The van der Waals surface area contributed by atoms with Gasteiger partial charge in [-0.1, -0.05) is 149 Å². The lowest BCUT2D eigenvalue weighted by molar-refractivity contribution is -0.161. The molecule has 0 bridgehead atoms. The summed E-state index contributed by atoms with van der Waals surface area (Å²) in [5.74, 6) is -0.918. The Kier molecular flexibility index (Phi) is 31.8. The van der Waals surface area contributed by atoms with Crippen LogP contribution in [0.3, 0.4) is 0 Å². The molecule has 0 aromatic rings. The lowest BCUT2D eigenvalue weighted by Gasteiger charge is -2.20. The molecule has 3 atom stereocenters. The highest BCUT2D eigenvalue weighted by Crippen LogP contribution is 2.43. The summed E-state index contributed by atoms with van der Waals surface area (Å²) in [4.78, 5) is 34.7. The third-order valence-corrected chi connectivity index (χ3v) is 8.96. The Morgan fingerprint density at radius 3 is 1.35 bits per heavy atom. The topological polar surface area (TPSA) is 149 Å². The molecule has 0 amide bonds. The predicted octanol–water partition coefficient (Wildman–Crippen LogP) is 8.72. The molecule has 0 heterocycles. The van der Waals surface area contributed by atoms with Crippen molar-refractivity contribution in [2.24, 2.45) is 0 Å². The molecule has 0 aliphatic rings. The van der Waals surface area contributed by atoms with Crippen molar-refractivity contribution in [3.05, 3.63) is 0 Å². The molecule has 0 aliphatic heterocycles. The number of unbranched alkanes of at least 4 members (excludes halogenated alkanes) is 21. The van der Waals surface area contributed by atoms with Crippen molar-refractivity contribution in [2.75, 3.05) is 26.4 Å². The van der Waals surface area contributed by atoms with Crippen LogP contribution >= 0.6 is 7.82 Å². The van der Waals surface area contributed by atoms with Crippen molar-refractivity contribution in [1.29, 1.82) is 0 Å². The average molecular weight is 681 g/mol. The fourth-order valence-corrected chi connectivity index (χ4v) is 5.90. The van der Waals surface area contributed by atoms with Gasteiger partial charge in [-0.15, -0.1) is 0 Å². The third-order valence-electron chi connectivity index (χ3n) is 8.01. The first kappa shape index (κ1) is 45.0. The maximum Gasteiger partial charge on any atom is 0.472 e. The van der Waals surface area contributed by atoms with E-state index in [1.54, 1.807) is 0 Å². The molecule has 0 fully saturated rings. The first-order chi connectivity index (χ1) is 22.2. The summed E-state index contributed by atoms with van der Waals surface area (Å²) in [6.07, 6.45) is 25.0. The Balaban J connectivity index is 4.35. The van der Waals surface area contributed by atoms with E-state index in [-0.39, 0.29) is 19.4 Å². The van der Waals surface area contributed by atoms with Crippen LogP contribution in [0.4, 0.5) is 0 Å². The summed E-state index contributed by atoms with van der Waals surface area (Å²) in [7, 11) is -4.60. The minimum Gasteiger partial charge on any atom is -0.462 e. The normalized spacial score (nSPS) is 14.1. The first-order valence-electron chi connectivity index (χ1n) is 18.5. The van der Waals surface area contributed by atoms with Crippen molar-refractivity contribution in [2.45, 2.75) is 187 Å². The Morgan fingerprint density at radius 1 is 0.565 bits per heavy atom. The van der Waals surface area contributed by atoms with Gasteiger partial charge in [-0.05, 0) is 12.8 Å². The van der Waals surface area contributed by atoms with E-state index >= 15 is 0 Å². The minimum absolute atomic E-state index is 0.190. The minimum atomic E-state index is -4.60. The Hall–Kier alpha value is -1.03. The van der Waals surface area contributed by atoms with E-state index in [1.165, 1.54) is 96.3 Å². The molecule has 11 heteroatoms.